The molecule has 1 heterocycles. The molecular weight excluding hydrogens is 508 g/mol. The quantitative estimate of drug-likeness (QED) is 0.361. The number of hydrogen-bond donors (Lipinski definition) is 1. The number of unbranched alkanes of at least 4 members (excludes halogenated alkanes) is 4. The van der Waals surface area contributed by atoms with Gasteiger partial charge in [0.15, 0.2) is 0 Å². The Morgan fingerprint density at radius 3 is 2.61 bits per heavy atom. The van der Waals surface area contributed by atoms with Crippen molar-refractivity contribution in [3.05, 3.63) is 45.7 Å². The molecule has 0 aliphatic heterocycles. The molecule has 0 bridgehead atoms. The molecule has 1 aromatic carbocycles. The highest BCUT2D eigenvalue weighted by molar-refractivity contribution is 9.10. The number of ether oxygens (including phenoxy) is 1. The first kappa shape index (κ1) is 27.3. The van der Waals surface area contributed by atoms with Gasteiger partial charge in [0.1, 0.15) is 5.75 Å². The molecule has 1 N–H and O–H groups in total. The lowest BCUT2D eigenvalue weighted by Gasteiger charge is -2.13. The maximum absolute atomic E-state index is 12.0. The van der Waals surface area contributed by atoms with Crippen LogP contribution in [-0.4, -0.2) is 49.1 Å². The average Bonchev–Trinajstić information content (AvgIpc) is 3.09. The number of nitrogens with zero attached hydrogens (tertiary/aromatic N) is 3. The van der Waals surface area contributed by atoms with Crippen LogP contribution in [0.15, 0.2) is 28.7 Å². The third-order valence-corrected chi connectivity index (χ3v) is 7.15. The van der Waals surface area contributed by atoms with E-state index in [1.165, 1.54) is 39.8 Å². The normalized spacial score (nSPS) is 11.7. The number of aryl methyl sites for hydroxylation is 2. The molecule has 0 saturated heterocycles. The van der Waals surface area contributed by atoms with Gasteiger partial charge in [-0.15, -0.1) is 0 Å². The summed E-state index contributed by atoms with van der Waals surface area (Å²) in [4.78, 5) is 12.0. The van der Waals surface area contributed by atoms with Gasteiger partial charge in [-0.3, -0.25) is 9.48 Å². The molecule has 0 aliphatic rings. The summed E-state index contributed by atoms with van der Waals surface area (Å²) in [7, 11) is -1.04. The number of carbonyl (C=O) groups excluding carboxylic acids is 1. The van der Waals surface area contributed by atoms with Crippen LogP contribution >= 0.6 is 15.9 Å². The Balaban J connectivity index is 1.98. The Labute approximate surface area is 206 Å². The molecule has 0 radical (unpaired) electrons. The largest absolute Gasteiger partial charge is 0.493 e. The summed E-state index contributed by atoms with van der Waals surface area (Å²) in [6.07, 6.45) is 6.31. The third-order valence-electron chi connectivity index (χ3n) is 5.21. The van der Waals surface area contributed by atoms with Crippen molar-refractivity contribution in [3.8, 4) is 5.75 Å². The molecule has 10 heteroatoms. The fourth-order valence-electron chi connectivity index (χ4n) is 3.25. The zero-order chi connectivity index (χ0) is 24.4. The van der Waals surface area contributed by atoms with Crippen molar-refractivity contribution < 1.29 is 17.9 Å². The number of nitrogens with one attached hydrogen (secondary N) is 1. The van der Waals surface area contributed by atoms with Gasteiger partial charge >= 0.3 is 10.2 Å². The molecule has 0 saturated carbocycles. The van der Waals surface area contributed by atoms with E-state index >= 15 is 0 Å². The third kappa shape index (κ3) is 9.10. The van der Waals surface area contributed by atoms with Crippen LogP contribution in [0.5, 0.6) is 5.75 Å². The zero-order valence-corrected chi connectivity index (χ0v) is 22.3. The van der Waals surface area contributed by atoms with Crippen molar-refractivity contribution in [1.82, 2.24) is 18.8 Å². The number of hydrogen-bond acceptors (Lipinski definition) is 5. The topological polar surface area (TPSA) is 93.5 Å². The fourth-order valence-corrected chi connectivity index (χ4v) is 4.23. The van der Waals surface area contributed by atoms with Gasteiger partial charge in [-0.05, 0) is 37.6 Å². The van der Waals surface area contributed by atoms with Crippen molar-refractivity contribution >= 4 is 32.0 Å². The Hall–Kier alpha value is -1.91. The molecular formula is C23H35BrN4O4S. The average molecular weight is 544 g/mol. The van der Waals surface area contributed by atoms with Gasteiger partial charge in [-0.25, -0.2) is 4.72 Å². The van der Waals surface area contributed by atoms with Gasteiger partial charge < -0.3 is 4.74 Å². The first-order valence-electron chi connectivity index (χ1n) is 11.3. The Morgan fingerprint density at radius 1 is 1.18 bits per heavy atom. The molecule has 0 atom stereocenters. The molecule has 2 rings (SSSR count). The second kappa shape index (κ2) is 13.1. The minimum Gasteiger partial charge on any atom is -0.493 e. The molecule has 0 unspecified atom stereocenters. The number of halogens is 1. The fraction of sp³-hybridized carbons (Fsp3) is 0.565. The van der Waals surface area contributed by atoms with Gasteiger partial charge in [0.2, 0.25) is 5.91 Å². The van der Waals surface area contributed by atoms with Crippen LogP contribution in [0.4, 0.5) is 0 Å². The molecule has 0 aliphatic carbocycles. The van der Waals surface area contributed by atoms with Crippen molar-refractivity contribution in [2.24, 2.45) is 0 Å². The monoisotopic (exact) mass is 542 g/mol. The van der Waals surface area contributed by atoms with Crippen molar-refractivity contribution in [2.75, 3.05) is 20.7 Å². The summed E-state index contributed by atoms with van der Waals surface area (Å²) in [6.45, 7) is 5.39. The molecule has 0 spiro atoms. The van der Waals surface area contributed by atoms with E-state index in [0.29, 0.717) is 19.6 Å². The van der Waals surface area contributed by atoms with Crippen LogP contribution in [0.25, 0.3) is 0 Å². The van der Waals surface area contributed by atoms with E-state index in [9.17, 15) is 13.2 Å². The number of rotatable bonds is 14. The second-order valence-electron chi connectivity index (χ2n) is 8.26. The summed E-state index contributed by atoms with van der Waals surface area (Å²) < 4.78 is 35.5. The summed E-state index contributed by atoms with van der Waals surface area (Å²) in [6, 6.07) is 7.89. The predicted molar refractivity (Wildman–Crippen MR) is 134 cm³/mol. The summed E-state index contributed by atoms with van der Waals surface area (Å²) in [5.74, 6) is 0.288. The molecule has 1 aromatic heterocycles. The summed E-state index contributed by atoms with van der Waals surface area (Å²) in [5, 5.41) is 4.62. The van der Waals surface area contributed by atoms with Crippen LogP contribution in [-0.2, 0) is 28.0 Å². The van der Waals surface area contributed by atoms with Crippen LogP contribution in [0.3, 0.4) is 0 Å². The highest BCUT2D eigenvalue weighted by Crippen LogP contribution is 2.25. The molecule has 0 fully saturated rings. The van der Waals surface area contributed by atoms with Crippen molar-refractivity contribution in [1.29, 1.82) is 0 Å². The lowest BCUT2D eigenvalue weighted by atomic mass is 10.1. The number of carbonyl (C=O) groups is 1. The molecule has 184 valence electrons. The molecule has 2 aromatic rings. The predicted octanol–water partition coefficient (Wildman–Crippen LogP) is 4.21. The zero-order valence-electron chi connectivity index (χ0n) is 19.9. The maximum atomic E-state index is 12.0. The van der Waals surface area contributed by atoms with E-state index in [4.69, 9.17) is 4.74 Å². The second-order valence-corrected chi connectivity index (χ2v) is 11.1. The number of amides is 1. The highest BCUT2D eigenvalue weighted by Gasteiger charge is 2.17. The van der Waals surface area contributed by atoms with Crippen LogP contribution in [0, 0.1) is 6.92 Å². The van der Waals surface area contributed by atoms with E-state index in [-0.39, 0.29) is 6.42 Å². The van der Waals surface area contributed by atoms with Gasteiger partial charge in [0, 0.05) is 42.7 Å². The van der Waals surface area contributed by atoms with Crippen LogP contribution < -0.4 is 9.46 Å². The van der Waals surface area contributed by atoms with Crippen molar-refractivity contribution in [2.45, 2.75) is 65.3 Å². The standard InChI is InChI=1S/C23H35BrN4O4S/c1-5-6-7-8-9-14-32-22-12-10-20(24)16-19(22)17-28-18(2)15-21(25-28)11-13-23(29)26-33(30,31)27(3)4/h10,12,15-16H,5-9,11,13-14,17H2,1-4H3,(H,26,29). The number of benzene rings is 1. The van der Waals surface area contributed by atoms with Gasteiger partial charge in [-0.2, -0.15) is 17.8 Å². The molecule has 8 nitrogen and oxygen atoms in total. The minimum atomic E-state index is -3.78. The van der Waals surface area contributed by atoms with Crippen LogP contribution in [0.1, 0.15) is 62.4 Å². The lowest BCUT2D eigenvalue weighted by molar-refractivity contribution is -0.119. The van der Waals surface area contributed by atoms with E-state index in [1.54, 1.807) is 0 Å². The smallest absolute Gasteiger partial charge is 0.303 e. The number of aromatic nitrogens is 2. The first-order chi connectivity index (χ1) is 15.6. The minimum absolute atomic E-state index is 0.0345. The summed E-state index contributed by atoms with van der Waals surface area (Å²) >= 11 is 3.54. The van der Waals surface area contributed by atoms with E-state index in [2.05, 4.69) is 28.0 Å². The SMILES string of the molecule is CCCCCCCOc1ccc(Br)cc1Cn1nc(CCC(=O)NS(=O)(=O)N(C)C)cc1C. The van der Waals surface area contributed by atoms with E-state index < -0.39 is 16.1 Å². The van der Waals surface area contributed by atoms with Gasteiger partial charge in [0.25, 0.3) is 0 Å². The van der Waals surface area contributed by atoms with Gasteiger partial charge in [-0.1, -0.05) is 48.5 Å². The molecule has 1 amide bonds. The van der Waals surface area contributed by atoms with Gasteiger partial charge in [0.05, 0.1) is 18.8 Å². The molecule has 33 heavy (non-hydrogen) atoms. The first-order valence-corrected chi connectivity index (χ1v) is 13.5. The Bertz CT molecular complexity index is 1020. The maximum Gasteiger partial charge on any atom is 0.303 e. The lowest BCUT2D eigenvalue weighted by Crippen LogP contribution is -2.39. The van der Waals surface area contributed by atoms with E-state index in [1.807, 2.05) is 40.6 Å². The Morgan fingerprint density at radius 2 is 1.91 bits per heavy atom. The van der Waals surface area contributed by atoms with Crippen molar-refractivity contribution in [3.63, 3.8) is 0 Å². The highest BCUT2D eigenvalue weighted by atomic mass is 79.9. The van der Waals surface area contributed by atoms with Crippen LogP contribution in [0.2, 0.25) is 0 Å². The Kier molecular flexibility index (Phi) is 10.9. The summed E-state index contributed by atoms with van der Waals surface area (Å²) in [5.41, 5.74) is 2.71. The van der Waals surface area contributed by atoms with E-state index in [0.717, 1.165) is 37.9 Å².